The van der Waals surface area contributed by atoms with Gasteiger partial charge in [0.25, 0.3) is 0 Å². The van der Waals surface area contributed by atoms with Crippen molar-refractivity contribution in [3.05, 3.63) is 42.2 Å². The lowest BCUT2D eigenvalue weighted by Crippen LogP contribution is -2.61. The molecule has 0 bridgehead atoms. The molecule has 2 aromatic rings. The summed E-state index contributed by atoms with van der Waals surface area (Å²) in [4.78, 5) is 1.58. The van der Waals surface area contributed by atoms with E-state index in [4.69, 9.17) is 9.47 Å². The molecule has 0 spiro atoms. The molecule has 23 heavy (non-hydrogen) atoms. The molecule has 1 fully saturated rings. The number of hydrogen-bond donors (Lipinski definition) is 1. The van der Waals surface area contributed by atoms with Crippen LogP contribution < -0.4 is 10.1 Å². The Morgan fingerprint density at radius 2 is 2.13 bits per heavy atom. The number of nitrogens with zero attached hydrogens (tertiary/aromatic N) is 3. The van der Waals surface area contributed by atoms with Gasteiger partial charge in [-0.1, -0.05) is 18.2 Å². The smallest absolute Gasteiger partial charge is 0.140 e. The lowest BCUT2D eigenvalue weighted by molar-refractivity contribution is -0.104. The normalized spacial score (nSPS) is 24.9. The Morgan fingerprint density at radius 1 is 1.35 bits per heavy atom. The lowest BCUT2D eigenvalue weighted by atomic mass is 9.84. The van der Waals surface area contributed by atoms with Gasteiger partial charge in [0.2, 0.25) is 0 Å². The molecule has 0 aliphatic heterocycles. The summed E-state index contributed by atoms with van der Waals surface area (Å²) in [5, 5.41) is 12.1. The molecule has 6 heteroatoms. The third-order valence-electron chi connectivity index (χ3n) is 4.17. The molecule has 4 unspecified atom stereocenters. The van der Waals surface area contributed by atoms with Gasteiger partial charge >= 0.3 is 0 Å². The van der Waals surface area contributed by atoms with Crippen molar-refractivity contribution in [1.82, 2.24) is 20.3 Å². The number of hydrogen-bond acceptors (Lipinski definition) is 5. The van der Waals surface area contributed by atoms with Crippen LogP contribution in [-0.2, 0) is 11.8 Å². The standard InChI is InChI=1S/C17H24N4O2/c1-4-22-16-10-14(17(16)23-13-8-6-5-7-9-13)19-12(2)15-11-18-21(3)20-15/h5-9,11-12,14,16-17,19H,4,10H2,1-3H3. The van der Waals surface area contributed by atoms with Gasteiger partial charge in [0.15, 0.2) is 0 Å². The van der Waals surface area contributed by atoms with E-state index in [1.165, 1.54) is 0 Å². The first-order valence-electron chi connectivity index (χ1n) is 8.13. The molecule has 0 amide bonds. The predicted octanol–water partition coefficient (Wildman–Crippen LogP) is 2.09. The van der Waals surface area contributed by atoms with Gasteiger partial charge in [0, 0.05) is 19.7 Å². The maximum Gasteiger partial charge on any atom is 0.140 e. The molecule has 0 saturated heterocycles. The number of benzene rings is 1. The minimum atomic E-state index is 0.0106. The monoisotopic (exact) mass is 316 g/mol. The van der Waals surface area contributed by atoms with Crippen LogP contribution in [0.25, 0.3) is 0 Å². The second-order valence-electron chi connectivity index (χ2n) is 5.88. The second kappa shape index (κ2) is 7.10. The number of aryl methyl sites for hydroxylation is 1. The van der Waals surface area contributed by atoms with E-state index in [-0.39, 0.29) is 24.3 Å². The Balaban J connectivity index is 1.63. The number of ether oxygens (including phenoxy) is 2. The zero-order chi connectivity index (χ0) is 16.2. The topological polar surface area (TPSA) is 61.2 Å². The average molecular weight is 316 g/mol. The van der Waals surface area contributed by atoms with Crippen LogP contribution in [-0.4, -0.2) is 39.9 Å². The molecule has 1 aromatic heterocycles. The number of nitrogens with one attached hydrogen (secondary N) is 1. The van der Waals surface area contributed by atoms with Crippen LogP contribution in [0.2, 0.25) is 0 Å². The summed E-state index contributed by atoms with van der Waals surface area (Å²) in [6.45, 7) is 4.81. The zero-order valence-electron chi connectivity index (χ0n) is 13.8. The molecule has 1 aromatic carbocycles. The van der Waals surface area contributed by atoms with E-state index in [1.54, 1.807) is 11.0 Å². The van der Waals surface area contributed by atoms with Crippen LogP contribution in [0.5, 0.6) is 5.75 Å². The van der Waals surface area contributed by atoms with Crippen molar-refractivity contribution >= 4 is 0 Å². The fraction of sp³-hybridized carbons (Fsp3) is 0.529. The van der Waals surface area contributed by atoms with E-state index in [2.05, 4.69) is 22.4 Å². The summed E-state index contributed by atoms with van der Waals surface area (Å²) in [5.41, 5.74) is 0.936. The maximum atomic E-state index is 6.14. The van der Waals surface area contributed by atoms with Gasteiger partial charge in [-0.15, -0.1) is 0 Å². The molecule has 1 heterocycles. The summed E-state index contributed by atoms with van der Waals surface area (Å²) < 4.78 is 11.9. The van der Waals surface area contributed by atoms with Crippen LogP contribution in [0.1, 0.15) is 32.0 Å². The molecule has 1 aliphatic rings. The summed E-state index contributed by atoms with van der Waals surface area (Å²) in [6, 6.07) is 10.3. The van der Waals surface area contributed by atoms with Crippen LogP contribution in [0.4, 0.5) is 0 Å². The average Bonchev–Trinajstić information content (AvgIpc) is 2.99. The summed E-state index contributed by atoms with van der Waals surface area (Å²) in [5.74, 6) is 0.876. The lowest BCUT2D eigenvalue weighted by Gasteiger charge is -2.45. The number of rotatable bonds is 7. The third-order valence-corrected chi connectivity index (χ3v) is 4.17. The Hall–Kier alpha value is -1.92. The molecular formula is C17H24N4O2. The van der Waals surface area contributed by atoms with Gasteiger partial charge in [-0.3, -0.25) is 0 Å². The van der Waals surface area contributed by atoms with Crippen molar-refractivity contribution < 1.29 is 9.47 Å². The minimum absolute atomic E-state index is 0.0106. The molecule has 1 aliphatic carbocycles. The Kier molecular flexibility index (Phi) is 4.93. The highest BCUT2D eigenvalue weighted by molar-refractivity contribution is 5.22. The van der Waals surface area contributed by atoms with Crippen LogP contribution >= 0.6 is 0 Å². The van der Waals surface area contributed by atoms with Gasteiger partial charge in [0.05, 0.1) is 24.0 Å². The van der Waals surface area contributed by atoms with E-state index >= 15 is 0 Å². The van der Waals surface area contributed by atoms with Gasteiger partial charge in [-0.2, -0.15) is 15.0 Å². The zero-order valence-corrected chi connectivity index (χ0v) is 13.8. The van der Waals surface area contributed by atoms with Crippen molar-refractivity contribution in [1.29, 1.82) is 0 Å². The number of aromatic nitrogens is 3. The Labute approximate surface area is 136 Å². The van der Waals surface area contributed by atoms with E-state index in [1.807, 2.05) is 44.3 Å². The van der Waals surface area contributed by atoms with Gasteiger partial charge in [-0.25, -0.2) is 0 Å². The van der Waals surface area contributed by atoms with E-state index < -0.39 is 0 Å². The van der Waals surface area contributed by atoms with Crippen molar-refractivity contribution in [3.8, 4) is 5.75 Å². The summed E-state index contributed by atoms with van der Waals surface area (Å²) in [6.07, 6.45) is 2.88. The number of para-hydroxylation sites is 1. The van der Waals surface area contributed by atoms with Gasteiger partial charge in [0.1, 0.15) is 11.9 Å². The SMILES string of the molecule is CCOC1CC(NC(C)c2cnn(C)n2)C1Oc1ccccc1. The van der Waals surface area contributed by atoms with E-state index in [9.17, 15) is 0 Å². The highest BCUT2D eigenvalue weighted by Gasteiger charge is 2.44. The van der Waals surface area contributed by atoms with Crippen molar-refractivity contribution in [2.45, 2.75) is 44.6 Å². The quantitative estimate of drug-likeness (QED) is 0.847. The Bertz CT molecular complexity index is 616. The molecule has 0 radical (unpaired) electrons. The summed E-state index contributed by atoms with van der Waals surface area (Å²) >= 11 is 0. The van der Waals surface area contributed by atoms with Gasteiger partial charge in [-0.05, 0) is 32.4 Å². The van der Waals surface area contributed by atoms with Crippen molar-refractivity contribution in [2.24, 2.45) is 7.05 Å². The third kappa shape index (κ3) is 3.71. The fourth-order valence-electron chi connectivity index (χ4n) is 2.90. The Morgan fingerprint density at radius 3 is 2.78 bits per heavy atom. The van der Waals surface area contributed by atoms with E-state index in [0.29, 0.717) is 6.61 Å². The maximum absolute atomic E-state index is 6.14. The fourth-order valence-corrected chi connectivity index (χ4v) is 2.90. The molecule has 1 N–H and O–H groups in total. The van der Waals surface area contributed by atoms with E-state index in [0.717, 1.165) is 17.9 Å². The van der Waals surface area contributed by atoms with Crippen LogP contribution in [0.15, 0.2) is 36.5 Å². The highest BCUT2D eigenvalue weighted by atomic mass is 16.5. The summed E-state index contributed by atoms with van der Waals surface area (Å²) in [7, 11) is 1.83. The van der Waals surface area contributed by atoms with Gasteiger partial charge < -0.3 is 14.8 Å². The van der Waals surface area contributed by atoms with Crippen molar-refractivity contribution in [2.75, 3.05) is 6.61 Å². The molecule has 4 atom stereocenters. The molecule has 1 saturated carbocycles. The first-order valence-corrected chi connectivity index (χ1v) is 8.13. The molecule has 3 rings (SSSR count). The second-order valence-corrected chi connectivity index (χ2v) is 5.88. The molecule has 6 nitrogen and oxygen atoms in total. The van der Waals surface area contributed by atoms with Crippen molar-refractivity contribution in [3.63, 3.8) is 0 Å². The molecular weight excluding hydrogens is 292 g/mol. The first kappa shape index (κ1) is 16.0. The molecule has 124 valence electrons. The first-order chi connectivity index (χ1) is 11.2. The predicted molar refractivity (Wildman–Crippen MR) is 87.2 cm³/mol. The minimum Gasteiger partial charge on any atom is -0.486 e. The largest absolute Gasteiger partial charge is 0.486 e. The van der Waals surface area contributed by atoms with Crippen LogP contribution in [0.3, 0.4) is 0 Å². The highest BCUT2D eigenvalue weighted by Crippen LogP contribution is 2.30. The van der Waals surface area contributed by atoms with Crippen LogP contribution in [0, 0.1) is 0 Å².